The fourth-order valence-corrected chi connectivity index (χ4v) is 2.35. The maximum atomic E-state index is 12.2. The number of ether oxygens (including phenoxy) is 1. The molecule has 2 heterocycles. The number of aromatic nitrogens is 1. The van der Waals surface area contributed by atoms with Crippen molar-refractivity contribution in [2.75, 3.05) is 13.2 Å². The Kier molecular flexibility index (Phi) is 5.23. The van der Waals surface area contributed by atoms with E-state index in [1.165, 1.54) is 6.26 Å². The van der Waals surface area contributed by atoms with E-state index in [1.807, 2.05) is 0 Å². The van der Waals surface area contributed by atoms with E-state index in [-0.39, 0.29) is 18.8 Å². The fourth-order valence-electron chi connectivity index (χ4n) is 2.35. The van der Waals surface area contributed by atoms with Crippen molar-refractivity contribution in [3.8, 4) is 0 Å². The van der Waals surface area contributed by atoms with Gasteiger partial charge in [0.2, 0.25) is 0 Å². The van der Waals surface area contributed by atoms with Gasteiger partial charge in [0, 0.05) is 5.69 Å². The van der Waals surface area contributed by atoms with E-state index in [1.54, 1.807) is 32.9 Å². The lowest BCUT2D eigenvalue weighted by atomic mass is 10.1. The predicted octanol–water partition coefficient (Wildman–Crippen LogP) is 1.86. The SMILES string of the molecule is CCOC(=O)c1c(C)[nH]c(C(=O)NCC(O)c2ccco2)c1C. The Morgan fingerprint density at radius 3 is 2.78 bits per heavy atom. The summed E-state index contributed by atoms with van der Waals surface area (Å²) in [6.07, 6.45) is 0.514. The Hall–Kier alpha value is -2.54. The summed E-state index contributed by atoms with van der Waals surface area (Å²) in [6.45, 7) is 5.36. The molecule has 0 fully saturated rings. The summed E-state index contributed by atoms with van der Waals surface area (Å²) in [4.78, 5) is 27.1. The minimum Gasteiger partial charge on any atom is -0.467 e. The number of furan rings is 1. The molecule has 0 bridgehead atoms. The molecule has 0 aliphatic heterocycles. The van der Waals surface area contributed by atoms with Gasteiger partial charge in [0.15, 0.2) is 0 Å². The lowest BCUT2D eigenvalue weighted by Gasteiger charge is -2.09. The summed E-state index contributed by atoms with van der Waals surface area (Å²) in [5.41, 5.74) is 1.73. The van der Waals surface area contributed by atoms with Crippen LogP contribution in [0.15, 0.2) is 22.8 Å². The van der Waals surface area contributed by atoms with Gasteiger partial charge in [0.05, 0.1) is 25.0 Å². The normalized spacial score (nSPS) is 12.0. The van der Waals surface area contributed by atoms with Crippen molar-refractivity contribution in [3.05, 3.63) is 46.7 Å². The molecule has 0 aliphatic rings. The number of aliphatic hydroxyl groups is 1. The second-order valence-electron chi connectivity index (χ2n) is 5.09. The monoisotopic (exact) mass is 320 g/mol. The molecular weight excluding hydrogens is 300 g/mol. The van der Waals surface area contributed by atoms with E-state index in [2.05, 4.69) is 10.3 Å². The third kappa shape index (κ3) is 3.62. The molecule has 0 aliphatic carbocycles. The summed E-state index contributed by atoms with van der Waals surface area (Å²) in [6, 6.07) is 3.28. The van der Waals surface area contributed by atoms with Crippen LogP contribution in [0.4, 0.5) is 0 Å². The number of hydrogen-bond acceptors (Lipinski definition) is 5. The number of rotatable bonds is 6. The molecule has 124 valence electrons. The molecule has 0 saturated carbocycles. The molecule has 2 aromatic heterocycles. The first-order valence-corrected chi connectivity index (χ1v) is 7.31. The Morgan fingerprint density at radius 1 is 1.43 bits per heavy atom. The van der Waals surface area contributed by atoms with Crippen LogP contribution in [0.1, 0.15) is 50.9 Å². The lowest BCUT2D eigenvalue weighted by Crippen LogP contribution is -2.29. The average molecular weight is 320 g/mol. The minimum absolute atomic E-state index is 0.00139. The highest BCUT2D eigenvalue weighted by Crippen LogP contribution is 2.19. The van der Waals surface area contributed by atoms with Crippen molar-refractivity contribution in [2.24, 2.45) is 0 Å². The number of nitrogens with one attached hydrogen (secondary N) is 2. The number of carbonyl (C=O) groups is 2. The first kappa shape index (κ1) is 16.8. The maximum Gasteiger partial charge on any atom is 0.340 e. The molecule has 0 spiro atoms. The number of esters is 1. The average Bonchev–Trinajstić information content (AvgIpc) is 3.13. The van der Waals surface area contributed by atoms with Crippen LogP contribution in [0, 0.1) is 13.8 Å². The molecule has 0 radical (unpaired) electrons. The zero-order valence-electron chi connectivity index (χ0n) is 13.3. The Labute approximate surface area is 133 Å². The smallest absolute Gasteiger partial charge is 0.340 e. The highest BCUT2D eigenvalue weighted by atomic mass is 16.5. The topological polar surface area (TPSA) is 105 Å². The number of hydrogen-bond donors (Lipinski definition) is 3. The molecular formula is C16H20N2O5. The number of carbonyl (C=O) groups excluding carboxylic acids is 2. The van der Waals surface area contributed by atoms with Gasteiger partial charge in [-0.25, -0.2) is 4.79 Å². The van der Waals surface area contributed by atoms with E-state index < -0.39 is 18.0 Å². The first-order valence-electron chi connectivity index (χ1n) is 7.31. The van der Waals surface area contributed by atoms with Crippen LogP contribution in [0.25, 0.3) is 0 Å². The zero-order valence-corrected chi connectivity index (χ0v) is 13.3. The molecule has 7 heteroatoms. The molecule has 0 aromatic carbocycles. The highest BCUT2D eigenvalue weighted by Gasteiger charge is 2.23. The molecule has 2 aromatic rings. The van der Waals surface area contributed by atoms with Crippen LogP contribution in [0.2, 0.25) is 0 Å². The van der Waals surface area contributed by atoms with Gasteiger partial charge in [-0.05, 0) is 38.5 Å². The van der Waals surface area contributed by atoms with Crippen LogP contribution in [-0.2, 0) is 4.74 Å². The van der Waals surface area contributed by atoms with Gasteiger partial charge < -0.3 is 24.6 Å². The summed E-state index contributed by atoms with van der Waals surface area (Å²) in [5, 5.41) is 12.5. The first-order chi connectivity index (χ1) is 11.0. The van der Waals surface area contributed by atoms with Crippen LogP contribution in [0.3, 0.4) is 0 Å². The van der Waals surface area contributed by atoms with Gasteiger partial charge in [-0.1, -0.05) is 0 Å². The molecule has 23 heavy (non-hydrogen) atoms. The number of H-pyrrole nitrogens is 1. The summed E-state index contributed by atoms with van der Waals surface area (Å²) >= 11 is 0. The quantitative estimate of drug-likeness (QED) is 0.705. The largest absolute Gasteiger partial charge is 0.467 e. The second kappa shape index (κ2) is 7.15. The van der Waals surface area contributed by atoms with Gasteiger partial charge in [0.25, 0.3) is 5.91 Å². The van der Waals surface area contributed by atoms with Crippen molar-refractivity contribution in [1.82, 2.24) is 10.3 Å². The Balaban J connectivity index is 2.08. The lowest BCUT2D eigenvalue weighted by molar-refractivity contribution is 0.0525. The molecule has 1 unspecified atom stereocenters. The number of aryl methyl sites for hydroxylation is 1. The van der Waals surface area contributed by atoms with Crippen LogP contribution in [-0.4, -0.2) is 35.1 Å². The Morgan fingerprint density at radius 2 is 2.17 bits per heavy atom. The molecule has 0 saturated heterocycles. The second-order valence-corrected chi connectivity index (χ2v) is 5.09. The van der Waals surface area contributed by atoms with E-state index >= 15 is 0 Å². The third-order valence-corrected chi connectivity index (χ3v) is 3.47. The fraction of sp³-hybridized carbons (Fsp3) is 0.375. The van der Waals surface area contributed by atoms with Gasteiger partial charge in [-0.3, -0.25) is 4.79 Å². The molecule has 7 nitrogen and oxygen atoms in total. The number of aromatic amines is 1. The summed E-state index contributed by atoms with van der Waals surface area (Å²) in [7, 11) is 0. The van der Waals surface area contributed by atoms with E-state index in [0.717, 1.165) is 0 Å². The molecule has 1 atom stereocenters. The zero-order chi connectivity index (χ0) is 17.0. The summed E-state index contributed by atoms with van der Waals surface area (Å²) in [5.74, 6) is -0.503. The van der Waals surface area contributed by atoms with Gasteiger partial charge in [-0.2, -0.15) is 0 Å². The van der Waals surface area contributed by atoms with E-state index in [0.29, 0.717) is 22.6 Å². The van der Waals surface area contributed by atoms with Crippen molar-refractivity contribution < 1.29 is 23.8 Å². The number of aliphatic hydroxyl groups excluding tert-OH is 1. The van der Waals surface area contributed by atoms with Crippen molar-refractivity contribution >= 4 is 11.9 Å². The van der Waals surface area contributed by atoms with Crippen LogP contribution in [0.5, 0.6) is 0 Å². The summed E-state index contributed by atoms with van der Waals surface area (Å²) < 4.78 is 10.1. The van der Waals surface area contributed by atoms with Crippen molar-refractivity contribution in [2.45, 2.75) is 26.9 Å². The minimum atomic E-state index is -0.935. The van der Waals surface area contributed by atoms with Gasteiger partial charge in [0.1, 0.15) is 17.6 Å². The van der Waals surface area contributed by atoms with E-state index in [4.69, 9.17) is 9.15 Å². The van der Waals surface area contributed by atoms with Crippen molar-refractivity contribution in [1.29, 1.82) is 0 Å². The third-order valence-electron chi connectivity index (χ3n) is 3.47. The van der Waals surface area contributed by atoms with Gasteiger partial charge in [-0.15, -0.1) is 0 Å². The van der Waals surface area contributed by atoms with Crippen LogP contribution < -0.4 is 5.32 Å². The standard InChI is InChI=1S/C16H20N2O5/c1-4-22-16(21)13-9(2)14(18-10(13)3)15(20)17-8-11(19)12-6-5-7-23-12/h5-7,11,18-19H,4,8H2,1-3H3,(H,17,20). The molecule has 3 N–H and O–H groups in total. The molecule has 2 rings (SSSR count). The predicted molar refractivity (Wildman–Crippen MR) is 82.2 cm³/mol. The highest BCUT2D eigenvalue weighted by molar-refractivity contribution is 6.00. The number of amides is 1. The Bertz CT molecular complexity index is 688. The van der Waals surface area contributed by atoms with Crippen molar-refractivity contribution in [3.63, 3.8) is 0 Å². The van der Waals surface area contributed by atoms with Gasteiger partial charge >= 0.3 is 5.97 Å². The molecule has 1 amide bonds. The maximum absolute atomic E-state index is 12.2. The van der Waals surface area contributed by atoms with E-state index in [9.17, 15) is 14.7 Å². The van der Waals surface area contributed by atoms with Crippen LogP contribution >= 0.6 is 0 Å².